The van der Waals surface area contributed by atoms with E-state index in [2.05, 4.69) is 4.74 Å². The smallest absolute Gasteiger partial charge is 0.321 e. The fraction of sp³-hybridized carbons (Fsp3) is 0.385. The molecule has 116 valence electrons. The molecule has 21 heavy (non-hydrogen) atoms. The third kappa shape index (κ3) is 4.54. The molecule has 0 atom stereocenters. The van der Waals surface area contributed by atoms with Gasteiger partial charge < -0.3 is 9.84 Å². The summed E-state index contributed by atoms with van der Waals surface area (Å²) in [4.78, 5) is 21.8. The van der Waals surface area contributed by atoms with Gasteiger partial charge in [-0.3, -0.25) is 9.59 Å². The molecule has 0 spiro atoms. The molecule has 0 bridgehead atoms. The Morgan fingerprint density at radius 2 is 1.81 bits per heavy atom. The number of aliphatic carboxylic acids is 1. The van der Waals surface area contributed by atoms with E-state index in [0.717, 1.165) is 4.31 Å². The van der Waals surface area contributed by atoms with Crippen molar-refractivity contribution in [1.82, 2.24) is 4.31 Å². The van der Waals surface area contributed by atoms with Crippen molar-refractivity contribution in [3.63, 3.8) is 0 Å². The van der Waals surface area contributed by atoms with Crippen LogP contribution in [0.2, 0.25) is 0 Å². The third-order valence-electron chi connectivity index (χ3n) is 2.80. The molecule has 0 aliphatic carbocycles. The molecule has 1 N–H and O–H groups in total. The first-order valence-electron chi connectivity index (χ1n) is 6.19. The van der Waals surface area contributed by atoms with E-state index in [1.807, 2.05) is 0 Å². The Balaban J connectivity index is 3.00. The van der Waals surface area contributed by atoms with E-state index < -0.39 is 22.0 Å². The quantitative estimate of drug-likeness (QED) is 0.735. The summed E-state index contributed by atoms with van der Waals surface area (Å²) in [5.41, 5.74) is 0.498. The number of benzene rings is 1. The number of hydrogen-bond donors (Lipinski definition) is 1. The second-order valence-corrected chi connectivity index (χ2v) is 6.16. The lowest BCUT2D eigenvalue weighted by Gasteiger charge is -2.19. The fourth-order valence-electron chi connectivity index (χ4n) is 1.68. The van der Waals surface area contributed by atoms with E-state index >= 15 is 0 Å². The average Bonchev–Trinajstić information content (AvgIpc) is 2.44. The minimum absolute atomic E-state index is 0.00221. The Hall–Kier alpha value is -1.93. The Morgan fingerprint density at radius 3 is 2.24 bits per heavy atom. The van der Waals surface area contributed by atoms with Crippen molar-refractivity contribution < 1.29 is 27.9 Å². The van der Waals surface area contributed by atoms with Crippen LogP contribution in [0.25, 0.3) is 0 Å². The number of carboxylic acid groups (broad SMARTS) is 1. The second-order valence-electron chi connectivity index (χ2n) is 4.22. The zero-order valence-electron chi connectivity index (χ0n) is 11.8. The van der Waals surface area contributed by atoms with E-state index in [1.165, 1.54) is 31.4 Å². The minimum atomic E-state index is -3.82. The summed E-state index contributed by atoms with van der Waals surface area (Å²) < 4.78 is 30.2. The van der Waals surface area contributed by atoms with E-state index in [0.29, 0.717) is 5.56 Å². The molecule has 0 fully saturated rings. The van der Waals surface area contributed by atoms with Crippen molar-refractivity contribution in [2.75, 3.05) is 20.2 Å². The van der Waals surface area contributed by atoms with Crippen LogP contribution in [0.15, 0.2) is 29.2 Å². The monoisotopic (exact) mass is 315 g/mol. The molecule has 0 saturated heterocycles. The molecule has 0 saturated carbocycles. The van der Waals surface area contributed by atoms with Crippen LogP contribution in [0.1, 0.15) is 12.5 Å². The summed E-state index contributed by atoms with van der Waals surface area (Å²) in [6.45, 7) is 1.36. The summed E-state index contributed by atoms with van der Waals surface area (Å²) >= 11 is 0. The summed E-state index contributed by atoms with van der Waals surface area (Å²) in [5, 5.41) is 8.67. The van der Waals surface area contributed by atoms with Gasteiger partial charge in [0.1, 0.15) is 6.54 Å². The van der Waals surface area contributed by atoms with Gasteiger partial charge in [-0.1, -0.05) is 19.1 Å². The Labute approximate surface area is 123 Å². The van der Waals surface area contributed by atoms with Crippen molar-refractivity contribution in [2.24, 2.45) is 0 Å². The molecule has 1 aromatic rings. The van der Waals surface area contributed by atoms with Crippen LogP contribution in [-0.2, 0) is 30.8 Å². The molecular weight excluding hydrogens is 298 g/mol. The van der Waals surface area contributed by atoms with Crippen LogP contribution in [0.3, 0.4) is 0 Å². The fourth-order valence-corrected chi connectivity index (χ4v) is 3.07. The highest BCUT2D eigenvalue weighted by molar-refractivity contribution is 7.89. The van der Waals surface area contributed by atoms with Gasteiger partial charge in [0.15, 0.2) is 0 Å². The van der Waals surface area contributed by atoms with Crippen LogP contribution >= 0.6 is 0 Å². The van der Waals surface area contributed by atoms with Crippen LogP contribution in [0, 0.1) is 0 Å². The number of sulfonamides is 1. The van der Waals surface area contributed by atoms with Crippen molar-refractivity contribution in [3.8, 4) is 0 Å². The van der Waals surface area contributed by atoms with Gasteiger partial charge in [-0.25, -0.2) is 8.42 Å². The first-order chi connectivity index (χ1) is 9.81. The van der Waals surface area contributed by atoms with Crippen molar-refractivity contribution >= 4 is 22.0 Å². The molecule has 0 radical (unpaired) electrons. The average molecular weight is 315 g/mol. The van der Waals surface area contributed by atoms with Crippen molar-refractivity contribution in [2.45, 2.75) is 18.2 Å². The molecule has 7 nitrogen and oxygen atoms in total. The number of ether oxygens (including phenoxy) is 1. The highest BCUT2D eigenvalue weighted by atomic mass is 32.2. The van der Waals surface area contributed by atoms with Gasteiger partial charge in [0.2, 0.25) is 10.0 Å². The number of nitrogens with zero attached hydrogens (tertiary/aromatic N) is 1. The Morgan fingerprint density at radius 1 is 1.24 bits per heavy atom. The van der Waals surface area contributed by atoms with Crippen LogP contribution in [-0.4, -0.2) is 50.0 Å². The third-order valence-corrected chi connectivity index (χ3v) is 4.74. The standard InChI is InChI=1S/C13H17NO6S/c1-3-14(9-13(17)20-2)21(18,19)11-6-4-10(5-7-11)8-12(15)16/h4-7H,3,8-9H2,1-2H3,(H,15,16). The highest BCUT2D eigenvalue weighted by Crippen LogP contribution is 2.16. The first kappa shape index (κ1) is 17.1. The SMILES string of the molecule is CCN(CC(=O)OC)S(=O)(=O)c1ccc(CC(=O)O)cc1. The van der Waals surface area contributed by atoms with E-state index in [1.54, 1.807) is 6.92 Å². The van der Waals surface area contributed by atoms with E-state index in [9.17, 15) is 18.0 Å². The first-order valence-corrected chi connectivity index (χ1v) is 7.63. The zero-order chi connectivity index (χ0) is 16.0. The number of rotatable bonds is 7. The number of likely N-dealkylation sites (N-methyl/N-ethyl adjacent to an activating group) is 1. The Bertz CT molecular complexity index is 608. The van der Waals surface area contributed by atoms with Crippen LogP contribution in [0.5, 0.6) is 0 Å². The molecule has 8 heteroatoms. The number of esters is 1. The summed E-state index contributed by atoms with van der Waals surface area (Å²) in [6.07, 6.45) is -0.181. The molecule has 0 aliphatic rings. The molecular formula is C13H17NO6S. The lowest BCUT2D eigenvalue weighted by molar-refractivity contribution is -0.140. The number of carboxylic acids is 1. The zero-order valence-corrected chi connectivity index (χ0v) is 12.6. The molecule has 0 amide bonds. The van der Waals surface area contributed by atoms with Gasteiger partial charge in [0.25, 0.3) is 0 Å². The van der Waals surface area contributed by atoms with Crippen LogP contribution < -0.4 is 0 Å². The molecule has 1 aromatic carbocycles. The van der Waals surface area contributed by atoms with Gasteiger partial charge in [0, 0.05) is 6.54 Å². The van der Waals surface area contributed by atoms with Crippen molar-refractivity contribution in [3.05, 3.63) is 29.8 Å². The topological polar surface area (TPSA) is 101 Å². The number of methoxy groups -OCH3 is 1. The van der Waals surface area contributed by atoms with Gasteiger partial charge in [-0.15, -0.1) is 0 Å². The minimum Gasteiger partial charge on any atom is -0.481 e. The number of hydrogen-bond acceptors (Lipinski definition) is 5. The summed E-state index contributed by atoms with van der Waals surface area (Å²) in [5.74, 6) is -1.64. The predicted octanol–water partition coefficient (Wildman–Crippen LogP) is 0.497. The van der Waals surface area contributed by atoms with Gasteiger partial charge >= 0.3 is 11.9 Å². The molecule has 0 heterocycles. The second kappa shape index (κ2) is 7.19. The van der Waals surface area contributed by atoms with Gasteiger partial charge in [-0.05, 0) is 17.7 Å². The van der Waals surface area contributed by atoms with Gasteiger partial charge in [0.05, 0.1) is 18.4 Å². The lowest BCUT2D eigenvalue weighted by Crippen LogP contribution is -2.36. The van der Waals surface area contributed by atoms with Crippen molar-refractivity contribution in [1.29, 1.82) is 0 Å². The maximum absolute atomic E-state index is 12.4. The largest absolute Gasteiger partial charge is 0.481 e. The number of carbonyl (C=O) groups excluding carboxylic acids is 1. The maximum Gasteiger partial charge on any atom is 0.321 e. The molecule has 0 aromatic heterocycles. The number of carbonyl (C=O) groups is 2. The molecule has 0 aliphatic heterocycles. The predicted molar refractivity (Wildman–Crippen MR) is 74.2 cm³/mol. The van der Waals surface area contributed by atoms with Crippen LogP contribution in [0.4, 0.5) is 0 Å². The maximum atomic E-state index is 12.4. The summed E-state index contributed by atoms with van der Waals surface area (Å²) in [6, 6.07) is 5.53. The lowest BCUT2D eigenvalue weighted by atomic mass is 10.2. The van der Waals surface area contributed by atoms with E-state index in [-0.39, 0.29) is 24.4 Å². The Kier molecular flexibility index (Phi) is 5.86. The highest BCUT2D eigenvalue weighted by Gasteiger charge is 2.25. The normalized spacial score (nSPS) is 11.4. The molecule has 0 unspecified atom stereocenters. The summed E-state index contributed by atoms with van der Waals surface area (Å²) in [7, 11) is -2.63. The molecule has 1 rings (SSSR count). The van der Waals surface area contributed by atoms with Gasteiger partial charge in [-0.2, -0.15) is 4.31 Å². The van der Waals surface area contributed by atoms with E-state index in [4.69, 9.17) is 5.11 Å².